The third kappa shape index (κ3) is 6.63. The third-order valence-electron chi connectivity index (χ3n) is 9.56. The Labute approximate surface area is 271 Å². The van der Waals surface area contributed by atoms with Crippen LogP contribution >= 0.6 is 0 Å². The molecule has 3 amide bonds. The standard InChI is InChI=1S/C35H49N3O8/c1-7-10-16-27(40)36-25(21-44-6)30(23-14-12-11-13-15-23)45-34(43)28-26-17-18-35(46-26)29(28)32(41)38(24(9-3)20-39)31(35)33(42)37(19-8-2)22(4)5/h7-8,11-15,22,24-26,28-31,39H,1-2,9-10,16-21H2,3-6H3,(H,36,40)/t24-,25+,26-,28+,29+,30+,31-,35+/m0/s1. The lowest BCUT2D eigenvalue weighted by Crippen LogP contribution is -2.59. The number of aliphatic hydroxyl groups is 1. The van der Waals surface area contributed by atoms with Crippen LogP contribution in [0, 0.1) is 11.8 Å². The van der Waals surface area contributed by atoms with Crippen LogP contribution in [0.2, 0.25) is 0 Å². The molecule has 3 heterocycles. The van der Waals surface area contributed by atoms with Crippen molar-refractivity contribution in [3.63, 3.8) is 0 Å². The van der Waals surface area contributed by atoms with Crippen LogP contribution in [0.25, 0.3) is 0 Å². The third-order valence-corrected chi connectivity index (χ3v) is 9.56. The fourth-order valence-electron chi connectivity index (χ4n) is 7.42. The Morgan fingerprint density at radius 2 is 1.93 bits per heavy atom. The number of amides is 3. The van der Waals surface area contributed by atoms with Gasteiger partial charge < -0.3 is 34.4 Å². The van der Waals surface area contributed by atoms with Gasteiger partial charge in [0.15, 0.2) is 0 Å². The maximum Gasteiger partial charge on any atom is 0.313 e. The van der Waals surface area contributed by atoms with Gasteiger partial charge in [0.2, 0.25) is 17.7 Å². The molecule has 46 heavy (non-hydrogen) atoms. The second kappa shape index (κ2) is 15.4. The average molecular weight is 640 g/mol. The minimum Gasteiger partial charge on any atom is -0.455 e. The molecule has 3 fully saturated rings. The molecule has 4 rings (SSSR count). The van der Waals surface area contributed by atoms with Gasteiger partial charge in [-0.25, -0.2) is 0 Å². The Kier molecular flexibility index (Phi) is 11.8. The van der Waals surface area contributed by atoms with Crippen LogP contribution < -0.4 is 5.32 Å². The molecule has 0 saturated carbocycles. The van der Waals surface area contributed by atoms with Gasteiger partial charge in [-0.2, -0.15) is 0 Å². The first-order chi connectivity index (χ1) is 22.1. The highest BCUT2D eigenvalue weighted by molar-refractivity contribution is 5.98. The molecule has 3 aliphatic heterocycles. The van der Waals surface area contributed by atoms with Gasteiger partial charge in [-0.3, -0.25) is 19.2 Å². The number of nitrogens with zero attached hydrogens (tertiary/aromatic N) is 2. The molecule has 1 aromatic carbocycles. The van der Waals surface area contributed by atoms with Crippen molar-refractivity contribution in [2.75, 3.05) is 26.9 Å². The van der Waals surface area contributed by atoms with E-state index in [1.807, 2.05) is 39.0 Å². The first kappa shape index (κ1) is 35.3. The number of likely N-dealkylation sites (tertiary alicyclic amines) is 1. The van der Waals surface area contributed by atoms with E-state index in [0.29, 0.717) is 31.2 Å². The van der Waals surface area contributed by atoms with Gasteiger partial charge in [0, 0.05) is 26.1 Å². The second-order valence-electron chi connectivity index (χ2n) is 12.6. The van der Waals surface area contributed by atoms with E-state index in [9.17, 15) is 24.3 Å². The Bertz CT molecular complexity index is 1270. The zero-order valence-corrected chi connectivity index (χ0v) is 27.4. The van der Waals surface area contributed by atoms with Gasteiger partial charge in [0.05, 0.1) is 43.2 Å². The Hall–Kier alpha value is -3.54. The van der Waals surface area contributed by atoms with Gasteiger partial charge in [-0.15, -0.1) is 13.2 Å². The quantitative estimate of drug-likeness (QED) is 0.196. The van der Waals surface area contributed by atoms with Crippen LogP contribution in [0.15, 0.2) is 55.6 Å². The first-order valence-corrected chi connectivity index (χ1v) is 16.3. The number of hydrogen-bond donors (Lipinski definition) is 2. The van der Waals surface area contributed by atoms with E-state index >= 15 is 0 Å². The Balaban J connectivity index is 1.71. The summed E-state index contributed by atoms with van der Waals surface area (Å²) >= 11 is 0. The number of nitrogens with one attached hydrogen (secondary N) is 1. The molecule has 8 atom stereocenters. The summed E-state index contributed by atoms with van der Waals surface area (Å²) in [5.41, 5.74) is -0.594. The maximum atomic E-state index is 14.4. The fourth-order valence-corrected chi connectivity index (χ4v) is 7.42. The SMILES string of the molecule is C=CCCC(=O)N[C@H](COC)[C@H](OC(=O)[C@@H]1[C@@H]2CC[C@]3(O2)[C@H](C(=O)N(CC=C)C(C)C)N([C@@H](CC)CO)C(=O)[C@@H]13)c1ccccc1. The number of esters is 1. The number of hydrogen-bond acceptors (Lipinski definition) is 8. The van der Waals surface area contributed by atoms with Crippen molar-refractivity contribution in [1.29, 1.82) is 0 Å². The summed E-state index contributed by atoms with van der Waals surface area (Å²) in [5, 5.41) is 13.3. The predicted octanol–water partition coefficient (Wildman–Crippen LogP) is 2.94. The highest BCUT2D eigenvalue weighted by Gasteiger charge is 2.75. The van der Waals surface area contributed by atoms with Crippen LogP contribution in [0.5, 0.6) is 0 Å². The van der Waals surface area contributed by atoms with Crippen LogP contribution in [-0.4, -0.2) is 101 Å². The number of carbonyl (C=O) groups is 4. The molecule has 2 bridgehead atoms. The van der Waals surface area contributed by atoms with Crippen LogP contribution in [0.1, 0.15) is 64.5 Å². The van der Waals surface area contributed by atoms with E-state index in [1.165, 1.54) is 12.0 Å². The molecule has 2 N–H and O–H groups in total. The monoisotopic (exact) mass is 639 g/mol. The largest absolute Gasteiger partial charge is 0.455 e. The summed E-state index contributed by atoms with van der Waals surface area (Å²) in [5.74, 6) is -3.52. The molecule has 0 aromatic heterocycles. The lowest BCUT2D eigenvalue weighted by atomic mass is 9.70. The van der Waals surface area contributed by atoms with Crippen molar-refractivity contribution >= 4 is 23.7 Å². The Morgan fingerprint density at radius 1 is 1.22 bits per heavy atom. The molecule has 1 aromatic rings. The second-order valence-corrected chi connectivity index (χ2v) is 12.6. The summed E-state index contributed by atoms with van der Waals surface area (Å²) in [7, 11) is 1.50. The Morgan fingerprint density at radius 3 is 2.52 bits per heavy atom. The normalized spacial score (nSPS) is 26.7. The summed E-state index contributed by atoms with van der Waals surface area (Å²) in [6.45, 7) is 13.1. The van der Waals surface area contributed by atoms with Crippen molar-refractivity contribution in [3.8, 4) is 0 Å². The van der Waals surface area contributed by atoms with Crippen LogP contribution in [-0.2, 0) is 33.4 Å². The fraction of sp³-hybridized carbons (Fsp3) is 0.600. The lowest BCUT2D eigenvalue weighted by Gasteiger charge is -2.40. The van der Waals surface area contributed by atoms with E-state index in [4.69, 9.17) is 14.2 Å². The number of ether oxygens (including phenoxy) is 3. The molecule has 252 valence electrons. The van der Waals surface area contributed by atoms with Crippen molar-refractivity contribution in [2.24, 2.45) is 11.8 Å². The van der Waals surface area contributed by atoms with Crippen molar-refractivity contribution < 1.29 is 38.5 Å². The highest BCUT2D eigenvalue weighted by atomic mass is 16.6. The summed E-state index contributed by atoms with van der Waals surface area (Å²) in [6.07, 6.45) is 3.74. The molecule has 0 unspecified atom stereocenters. The topological polar surface area (TPSA) is 135 Å². The number of aliphatic hydroxyl groups excluding tert-OH is 1. The zero-order valence-electron chi connectivity index (χ0n) is 27.4. The number of fused-ring (bicyclic) bond motifs is 1. The molecule has 1 spiro atoms. The highest BCUT2D eigenvalue weighted by Crippen LogP contribution is 2.59. The minimum absolute atomic E-state index is 0.0664. The maximum absolute atomic E-state index is 14.4. The number of carbonyl (C=O) groups excluding carboxylic acids is 4. The van der Waals surface area contributed by atoms with Gasteiger partial charge in [-0.05, 0) is 45.1 Å². The van der Waals surface area contributed by atoms with Gasteiger partial charge in [0.25, 0.3) is 0 Å². The first-order valence-electron chi connectivity index (χ1n) is 16.3. The smallest absolute Gasteiger partial charge is 0.313 e. The van der Waals surface area contributed by atoms with Gasteiger partial charge >= 0.3 is 5.97 Å². The summed E-state index contributed by atoms with van der Waals surface area (Å²) in [4.78, 5) is 58.9. The molecular formula is C35H49N3O8. The minimum atomic E-state index is -1.24. The van der Waals surface area contributed by atoms with Gasteiger partial charge in [0.1, 0.15) is 17.7 Å². The van der Waals surface area contributed by atoms with E-state index in [1.54, 1.807) is 29.2 Å². The van der Waals surface area contributed by atoms with E-state index < -0.39 is 59.6 Å². The number of rotatable bonds is 17. The van der Waals surface area contributed by atoms with E-state index in [0.717, 1.165) is 0 Å². The van der Waals surface area contributed by atoms with E-state index in [2.05, 4.69) is 18.5 Å². The number of allylic oxidation sites excluding steroid dienone is 1. The lowest BCUT2D eigenvalue weighted by molar-refractivity contribution is -0.163. The summed E-state index contributed by atoms with van der Waals surface area (Å²) < 4.78 is 18.3. The van der Waals surface area contributed by atoms with Gasteiger partial charge in [-0.1, -0.05) is 49.4 Å². The number of benzene rings is 1. The molecule has 0 radical (unpaired) electrons. The van der Waals surface area contributed by atoms with Crippen molar-refractivity contribution in [2.45, 2.75) is 94.9 Å². The van der Waals surface area contributed by atoms with Crippen LogP contribution in [0.4, 0.5) is 0 Å². The molecule has 0 aliphatic carbocycles. The van der Waals surface area contributed by atoms with Crippen LogP contribution in [0.3, 0.4) is 0 Å². The predicted molar refractivity (Wildman–Crippen MR) is 171 cm³/mol. The van der Waals surface area contributed by atoms with Crippen molar-refractivity contribution in [1.82, 2.24) is 15.1 Å². The zero-order chi connectivity index (χ0) is 33.6. The van der Waals surface area contributed by atoms with Crippen molar-refractivity contribution in [3.05, 3.63) is 61.2 Å². The molecule has 11 nitrogen and oxygen atoms in total. The number of methoxy groups -OCH3 is 1. The van der Waals surface area contributed by atoms with E-state index in [-0.39, 0.29) is 44.0 Å². The summed E-state index contributed by atoms with van der Waals surface area (Å²) in [6, 6.07) is 6.53. The molecule has 3 aliphatic rings. The molecule has 3 saturated heterocycles. The average Bonchev–Trinajstić information content (AvgIpc) is 3.69. The molecular weight excluding hydrogens is 590 g/mol. The molecule has 11 heteroatoms.